The molecule has 0 aromatic rings. The molecule has 1 nitrogen and oxygen atoms in total. The van der Waals surface area contributed by atoms with Gasteiger partial charge < -0.3 is 5.32 Å². The molecule has 1 saturated carbocycles. The van der Waals surface area contributed by atoms with E-state index in [4.69, 9.17) is 0 Å². The van der Waals surface area contributed by atoms with Gasteiger partial charge in [0.2, 0.25) is 0 Å². The first-order chi connectivity index (χ1) is 5.25. The van der Waals surface area contributed by atoms with Crippen molar-refractivity contribution in [2.75, 3.05) is 6.54 Å². The van der Waals surface area contributed by atoms with E-state index in [-0.39, 0.29) is 5.92 Å². The molecule has 1 aliphatic carbocycles. The van der Waals surface area contributed by atoms with Crippen LogP contribution in [0.25, 0.3) is 0 Å². The van der Waals surface area contributed by atoms with E-state index in [2.05, 4.69) is 5.32 Å². The largest absolute Gasteiger partial charge is 0.309 e. The van der Waals surface area contributed by atoms with E-state index >= 15 is 0 Å². The van der Waals surface area contributed by atoms with Crippen LogP contribution in [0.1, 0.15) is 26.2 Å². The number of nitrogens with one attached hydrogen (secondary N) is 1. The maximum absolute atomic E-state index is 12.3. The molecule has 0 aliphatic heterocycles. The first-order valence-electron chi connectivity index (χ1n) is 4.27. The third kappa shape index (κ3) is 2.73. The van der Waals surface area contributed by atoms with Crippen molar-refractivity contribution in [2.45, 2.75) is 38.7 Å². The van der Waals surface area contributed by atoms with Gasteiger partial charge in [0.25, 0.3) is 6.43 Å². The van der Waals surface area contributed by atoms with Gasteiger partial charge in [0, 0.05) is 0 Å². The Morgan fingerprint density at radius 2 is 2.09 bits per heavy atom. The number of hydrogen-bond donors (Lipinski definition) is 1. The Balaban J connectivity index is 2.21. The third-order valence-electron chi connectivity index (χ3n) is 2.03. The highest BCUT2D eigenvalue weighted by molar-refractivity contribution is 4.87. The normalized spacial score (nSPS) is 20.7. The molecule has 1 atom stereocenters. The molecule has 1 unspecified atom stereocenters. The van der Waals surface area contributed by atoms with E-state index in [1.165, 1.54) is 0 Å². The van der Waals surface area contributed by atoms with E-state index in [0.29, 0.717) is 6.54 Å². The molecule has 66 valence electrons. The monoisotopic (exact) mass is 163 g/mol. The zero-order chi connectivity index (χ0) is 8.27. The molecule has 0 saturated heterocycles. The lowest BCUT2D eigenvalue weighted by Gasteiger charge is -2.16. The molecule has 1 rings (SSSR count). The average Bonchev–Trinajstić information content (AvgIpc) is 2.71. The lowest BCUT2D eigenvalue weighted by Crippen LogP contribution is -2.37. The molecule has 0 aromatic carbocycles. The number of rotatable bonds is 5. The molecule has 0 amide bonds. The predicted octanol–water partition coefficient (Wildman–Crippen LogP) is 2.03. The number of hydrogen-bond acceptors (Lipinski definition) is 1. The Morgan fingerprint density at radius 3 is 2.45 bits per heavy atom. The van der Waals surface area contributed by atoms with Gasteiger partial charge in [-0.2, -0.15) is 0 Å². The van der Waals surface area contributed by atoms with Gasteiger partial charge in [-0.3, -0.25) is 0 Å². The molecule has 0 spiro atoms. The second-order valence-electron chi connectivity index (χ2n) is 3.15. The summed E-state index contributed by atoms with van der Waals surface area (Å²) < 4.78 is 24.5. The fourth-order valence-corrected chi connectivity index (χ4v) is 1.23. The molecular weight excluding hydrogens is 148 g/mol. The van der Waals surface area contributed by atoms with Crippen LogP contribution >= 0.6 is 0 Å². The number of halogens is 2. The summed E-state index contributed by atoms with van der Waals surface area (Å²) in [7, 11) is 0. The van der Waals surface area contributed by atoms with Crippen LogP contribution in [-0.2, 0) is 0 Å². The first kappa shape index (κ1) is 8.91. The van der Waals surface area contributed by atoms with Gasteiger partial charge in [-0.05, 0) is 31.7 Å². The fourth-order valence-electron chi connectivity index (χ4n) is 1.23. The van der Waals surface area contributed by atoms with Crippen LogP contribution in [0, 0.1) is 5.92 Å². The Morgan fingerprint density at radius 1 is 1.45 bits per heavy atom. The van der Waals surface area contributed by atoms with Gasteiger partial charge in [-0.25, -0.2) is 8.78 Å². The Labute approximate surface area is 66.2 Å². The minimum atomic E-state index is -2.19. The van der Waals surface area contributed by atoms with Crippen LogP contribution < -0.4 is 5.32 Å². The summed E-state index contributed by atoms with van der Waals surface area (Å²) in [6, 6.07) is -0.532. The molecule has 1 N–H and O–H groups in total. The SMILES string of the molecule is CCCNC(C(F)F)C1CC1. The summed E-state index contributed by atoms with van der Waals surface area (Å²) >= 11 is 0. The van der Waals surface area contributed by atoms with E-state index in [0.717, 1.165) is 19.3 Å². The Hall–Kier alpha value is -0.180. The van der Waals surface area contributed by atoms with Crippen LogP contribution in [0.2, 0.25) is 0 Å². The topological polar surface area (TPSA) is 12.0 Å². The summed E-state index contributed by atoms with van der Waals surface area (Å²) in [6.07, 6.45) is 0.696. The van der Waals surface area contributed by atoms with Gasteiger partial charge in [-0.1, -0.05) is 6.92 Å². The van der Waals surface area contributed by atoms with Crippen molar-refractivity contribution in [3.63, 3.8) is 0 Å². The molecule has 1 fully saturated rings. The molecular formula is C8H15F2N. The summed E-state index contributed by atoms with van der Waals surface area (Å²) in [5.41, 5.74) is 0. The van der Waals surface area contributed by atoms with Crippen LogP contribution in [0.3, 0.4) is 0 Å². The van der Waals surface area contributed by atoms with E-state index in [1.807, 2.05) is 6.92 Å². The minimum Gasteiger partial charge on any atom is -0.309 e. The Kier molecular flexibility index (Phi) is 3.24. The summed E-state index contributed by atoms with van der Waals surface area (Å²) in [5, 5.41) is 2.88. The molecule has 0 aromatic heterocycles. The van der Waals surface area contributed by atoms with Crippen LogP contribution in [0.4, 0.5) is 8.78 Å². The lowest BCUT2D eigenvalue weighted by atomic mass is 10.2. The summed E-state index contributed by atoms with van der Waals surface area (Å²) in [4.78, 5) is 0. The second kappa shape index (κ2) is 4.00. The maximum Gasteiger partial charge on any atom is 0.253 e. The van der Waals surface area contributed by atoms with E-state index in [9.17, 15) is 8.78 Å². The molecule has 11 heavy (non-hydrogen) atoms. The smallest absolute Gasteiger partial charge is 0.253 e. The van der Waals surface area contributed by atoms with Gasteiger partial charge >= 0.3 is 0 Å². The predicted molar refractivity (Wildman–Crippen MR) is 40.8 cm³/mol. The van der Waals surface area contributed by atoms with Crippen LogP contribution in [-0.4, -0.2) is 19.0 Å². The molecule has 3 heteroatoms. The van der Waals surface area contributed by atoms with Crippen molar-refractivity contribution in [1.29, 1.82) is 0 Å². The van der Waals surface area contributed by atoms with Crippen molar-refractivity contribution in [3.05, 3.63) is 0 Å². The van der Waals surface area contributed by atoms with Gasteiger partial charge in [-0.15, -0.1) is 0 Å². The van der Waals surface area contributed by atoms with Crippen LogP contribution in [0.15, 0.2) is 0 Å². The highest BCUT2D eigenvalue weighted by Gasteiger charge is 2.36. The fraction of sp³-hybridized carbons (Fsp3) is 1.00. The highest BCUT2D eigenvalue weighted by atomic mass is 19.3. The van der Waals surface area contributed by atoms with Crippen molar-refractivity contribution in [2.24, 2.45) is 5.92 Å². The summed E-state index contributed by atoms with van der Waals surface area (Å²) in [5.74, 6) is 0.251. The van der Waals surface area contributed by atoms with E-state index in [1.54, 1.807) is 0 Å². The van der Waals surface area contributed by atoms with Crippen LogP contribution in [0.5, 0.6) is 0 Å². The number of alkyl halides is 2. The van der Waals surface area contributed by atoms with Crippen molar-refractivity contribution >= 4 is 0 Å². The zero-order valence-corrected chi connectivity index (χ0v) is 6.82. The summed E-state index contributed by atoms with van der Waals surface area (Å²) in [6.45, 7) is 2.70. The highest BCUT2D eigenvalue weighted by Crippen LogP contribution is 2.35. The van der Waals surface area contributed by atoms with Gasteiger partial charge in [0.05, 0.1) is 6.04 Å². The zero-order valence-electron chi connectivity index (χ0n) is 6.82. The standard InChI is InChI=1S/C8H15F2N/c1-2-5-11-7(8(9)10)6-3-4-6/h6-8,11H,2-5H2,1H3. The maximum atomic E-state index is 12.3. The molecule has 0 radical (unpaired) electrons. The molecule has 1 aliphatic rings. The molecule has 0 bridgehead atoms. The quantitative estimate of drug-likeness (QED) is 0.654. The van der Waals surface area contributed by atoms with Crippen molar-refractivity contribution < 1.29 is 8.78 Å². The third-order valence-corrected chi connectivity index (χ3v) is 2.03. The minimum absolute atomic E-state index is 0.251. The second-order valence-corrected chi connectivity index (χ2v) is 3.15. The first-order valence-corrected chi connectivity index (χ1v) is 4.27. The average molecular weight is 163 g/mol. The van der Waals surface area contributed by atoms with Crippen molar-refractivity contribution in [3.8, 4) is 0 Å². The molecule has 0 heterocycles. The Bertz CT molecular complexity index is 111. The van der Waals surface area contributed by atoms with E-state index < -0.39 is 12.5 Å². The van der Waals surface area contributed by atoms with Crippen molar-refractivity contribution in [1.82, 2.24) is 5.32 Å². The van der Waals surface area contributed by atoms with Gasteiger partial charge in [0.1, 0.15) is 0 Å². The lowest BCUT2D eigenvalue weighted by molar-refractivity contribution is 0.0883. The van der Waals surface area contributed by atoms with Gasteiger partial charge in [0.15, 0.2) is 0 Å².